The quantitative estimate of drug-likeness (QED) is 0.0547. The van der Waals surface area contributed by atoms with E-state index in [0.29, 0.717) is 58.2 Å². The van der Waals surface area contributed by atoms with Gasteiger partial charge in [-0.05, 0) is 83.9 Å². The van der Waals surface area contributed by atoms with Gasteiger partial charge in [0.15, 0.2) is 5.92 Å². The van der Waals surface area contributed by atoms with Crippen LogP contribution in [0.25, 0.3) is 0 Å². The summed E-state index contributed by atoms with van der Waals surface area (Å²) in [5, 5.41) is 0.577. The Morgan fingerprint density at radius 2 is 1.05 bits per heavy atom. The lowest BCUT2D eigenvalue weighted by Crippen LogP contribution is -2.32. The summed E-state index contributed by atoms with van der Waals surface area (Å²) < 4.78 is 39.2. The first-order chi connectivity index (χ1) is 26.3. The summed E-state index contributed by atoms with van der Waals surface area (Å²) in [6.45, 7) is 15.9. The molecule has 4 rings (SSSR count). The fraction of sp³-hybridized carbons (Fsp3) is 0.375. The summed E-state index contributed by atoms with van der Waals surface area (Å²) in [4.78, 5) is 82.7. The van der Waals surface area contributed by atoms with Gasteiger partial charge in [-0.2, -0.15) is 0 Å². The minimum Gasteiger partial charge on any atom is -0.465 e. The number of amides is 4. The van der Waals surface area contributed by atoms with E-state index in [9.17, 15) is 42.3 Å². The number of benzene rings is 2. The molecule has 0 aliphatic carbocycles. The molecule has 56 heavy (non-hydrogen) atoms. The molecule has 2 aromatic rings. The third kappa shape index (κ3) is 14.7. The van der Waals surface area contributed by atoms with Crippen molar-refractivity contribution >= 4 is 73.4 Å². The van der Waals surface area contributed by atoms with Crippen LogP contribution in [0.2, 0.25) is 0 Å². The molecule has 1 unspecified atom stereocenters. The maximum Gasteiger partial charge on any atom is 0.333 e. The third-order valence-electron chi connectivity index (χ3n) is 7.16. The molecular weight excluding hydrogens is 866 g/mol. The largest absolute Gasteiger partial charge is 0.465 e. The molecule has 0 fully saturated rings. The van der Waals surface area contributed by atoms with Gasteiger partial charge in [-0.3, -0.25) is 38.6 Å². The maximum atomic E-state index is 12.5. The molecule has 2 aromatic carbocycles. The van der Waals surface area contributed by atoms with E-state index in [1.54, 1.807) is 90.1 Å². The molecule has 0 saturated heterocycles. The van der Waals surface area contributed by atoms with E-state index < -0.39 is 23.5 Å². The Morgan fingerprint density at radius 3 is 1.29 bits per heavy atom. The number of ether oxygens (including phenoxy) is 3. The Morgan fingerprint density at radius 1 is 0.714 bits per heavy atom. The highest BCUT2D eigenvalue weighted by molar-refractivity contribution is 9.09. The second-order valence-corrected chi connectivity index (χ2v) is 13.9. The van der Waals surface area contributed by atoms with E-state index in [1.165, 1.54) is 6.92 Å². The Bertz CT molecular complexity index is 1680. The number of fused-ring (bicyclic) bond motifs is 2. The molecular formula is C40H46Br2F2N2O10. The fourth-order valence-electron chi connectivity index (χ4n) is 4.39. The van der Waals surface area contributed by atoms with Gasteiger partial charge in [0.05, 0.1) is 61.2 Å². The Balaban J connectivity index is 0.000000386. The lowest BCUT2D eigenvalue weighted by molar-refractivity contribution is -0.168. The number of nitrogens with zero attached hydrogens (tertiary/aromatic N) is 2. The molecule has 0 spiro atoms. The molecule has 2 heterocycles. The number of esters is 3. The molecule has 2 aliphatic rings. The number of alkyl halides is 2. The predicted molar refractivity (Wildman–Crippen MR) is 213 cm³/mol. The van der Waals surface area contributed by atoms with Crippen LogP contribution in [0, 0.1) is 5.92 Å². The van der Waals surface area contributed by atoms with Crippen molar-refractivity contribution in [1.82, 2.24) is 9.80 Å². The third-order valence-corrected chi connectivity index (χ3v) is 8.60. The van der Waals surface area contributed by atoms with Crippen molar-refractivity contribution in [2.45, 2.75) is 54.1 Å². The molecule has 16 heteroatoms. The summed E-state index contributed by atoms with van der Waals surface area (Å²) >= 11 is 6.20. The van der Waals surface area contributed by atoms with Crippen LogP contribution in [0.15, 0.2) is 84.5 Å². The van der Waals surface area contributed by atoms with E-state index in [-0.39, 0.29) is 60.0 Å². The van der Waals surface area contributed by atoms with E-state index in [1.807, 2.05) is 0 Å². The van der Waals surface area contributed by atoms with Crippen LogP contribution in [0.1, 0.15) is 89.9 Å². The van der Waals surface area contributed by atoms with E-state index in [2.05, 4.69) is 43.2 Å². The fourth-order valence-corrected chi connectivity index (χ4v) is 4.99. The number of hydrogen-bond acceptors (Lipinski definition) is 10. The van der Waals surface area contributed by atoms with Gasteiger partial charge in [0.2, 0.25) is 0 Å². The normalized spacial score (nSPS) is 13.8. The molecule has 0 bridgehead atoms. The first-order valence-corrected chi connectivity index (χ1v) is 19.4. The number of hydrogen-bond donors (Lipinski definition) is 0. The molecule has 304 valence electrons. The second-order valence-electron chi connectivity index (χ2n) is 12.8. The molecule has 4 amide bonds. The highest BCUT2D eigenvalue weighted by Crippen LogP contribution is 2.25. The zero-order chi connectivity index (χ0) is 42.7. The minimum atomic E-state index is -0.853. The van der Waals surface area contributed by atoms with Crippen LogP contribution in [0.5, 0.6) is 0 Å². The van der Waals surface area contributed by atoms with Crippen LogP contribution in [0.4, 0.5) is 8.78 Å². The maximum absolute atomic E-state index is 12.5. The zero-order valence-corrected chi connectivity index (χ0v) is 35.5. The molecule has 12 nitrogen and oxygen atoms in total. The van der Waals surface area contributed by atoms with Gasteiger partial charge < -0.3 is 14.2 Å². The first kappa shape index (κ1) is 49.2. The number of halogens is 4. The van der Waals surface area contributed by atoms with Crippen molar-refractivity contribution in [3.63, 3.8) is 0 Å². The molecule has 1 atom stereocenters. The highest BCUT2D eigenvalue weighted by Gasteiger charge is 2.36. The van der Waals surface area contributed by atoms with Gasteiger partial charge in [-0.1, -0.05) is 62.7 Å². The van der Waals surface area contributed by atoms with E-state index in [4.69, 9.17) is 9.47 Å². The molecule has 0 aromatic heterocycles. The summed E-state index contributed by atoms with van der Waals surface area (Å²) in [5.74, 6) is -3.73. The van der Waals surface area contributed by atoms with Crippen molar-refractivity contribution in [1.29, 1.82) is 0 Å². The molecule has 0 N–H and O–H groups in total. The van der Waals surface area contributed by atoms with Crippen LogP contribution < -0.4 is 0 Å². The van der Waals surface area contributed by atoms with Gasteiger partial charge in [-0.15, -0.1) is 0 Å². The van der Waals surface area contributed by atoms with Gasteiger partial charge >= 0.3 is 17.9 Å². The smallest absolute Gasteiger partial charge is 0.333 e. The monoisotopic (exact) mass is 910 g/mol. The second kappa shape index (κ2) is 23.9. The van der Waals surface area contributed by atoms with Crippen molar-refractivity contribution in [2.24, 2.45) is 5.92 Å². The van der Waals surface area contributed by atoms with E-state index >= 15 is 0 Å². The van der Waals surface area contributed by atoms with Crippen molar-refractivity contribution in [3.8, 4) is 0 Å². The Kier molecular flexibility index (Phi) is 21.0. The SMILES string of the molecule is C=C(C)C(=O)OCC.CCOC(=O)C(C)C(=O)OC(C)(C)C.O=C1c2ccccc2C(=O)N1C/C(=C/F)CBr.O=C1c2ccccc2C(=O)N1C/C(=C\F)CBr. The topological polar surface area (TPSA) is 154 Å². The van der Waals surface area contributed by atoms with Gasteiger partial charge in [0.25, 0.3) is 23.6 Å². The summed E-state index contributed by atoms with van der Waals surface area (Å²) in [7, 11) is 0. The van der Waals surface area contributed by atoms with Crippen LogP contribution >= 0.6 is 31.9 Å². The lowest BCUT2D eigenvalue weighted by atomic mass is 10.1. The Labute approximate surface area is 342 Å². The lowest BCUT2D eigenvalue weighted by Gasteiger charge is -2.21. The number of rotatable bonds is 11. The van der Waals surface area contributed by atoms with Crippen molar-refractivity contribution in [2.75, 3.05) is 37.0 Å². The molecule has 0 saturated carbocycles. The summed E-state index contributed by atoms with van der Waals surface area (Å²) in [6.07, 6.45) is 0.830. The summed E-state index contributed by atoms with van der Waals surface area (Å²) in [6, 6.07) is 13.2. The van der Waals surface area contributed by atoms with E-state index in [0.717, 1.165) is 9.80 Å². The average Bonchev–Trinajstić information content (AvgIpc) is 3.55. The van der Waals surface area contributed by atoms with Gasteiger partial charge in [0.1, 0.15) is 5.60 Å². The first-order valence-electron chi connectivity index (χ1n) is 17.1. The van der Waals surface area contributed by atoms with Crippen molar-refractivity contribution in [3.05, 3.63) is 107 Å². The summed E-state index contributed by atoms with van der Waals surface area (Å²) in [5.41, 5.74) is 2.09. The van der Waals surface area contributed by atoms with Crippen LogP contribution in [-0.4, -0.2) is 93.9 Å². The highest BCUT2D eigenvalue weighted by atomic mass is 79.9. The minimum absolute atomic E-state index is 0.0197. The zero-order valence-electron chi connectivity index (χ0n) is 32.3. The molecule has 2 aliphatic heterocycles. The van der Waals surface area contributed by atoms with Crippen LogP contribution in [0.3, 0.4) is 0 Å². The number of carbonyl (C=O) groups is 7. The number of imide groups is 2. The average molecular weight is 913 g/mol. The van der Waals surface area contributed by atoms with Crippen LogP contribution in [-0.2, 0) is 28.6 Å². The predicted octanol–water partition coefficient (Wildman–Crippen LogP) is 7.71. The standard InChI is InChI=1S/2C12H9BrFNO2.C10H18O4.C6H10O2/c2*13-5-8(6-14)7-15-11(16)9-3-1-2-4-10(9)12(15)17;1-6-13-8(11)7(2)9(12)14-10(3,4)5;1-4-8-6(7)5(2)3/h2*1-4,6H,5,7H2;7H,6H2,1-5H3;2,4H2,1,3H3/b8-6+;8-6-;;. The molecule has 0 radical (unpaired) electrons. The Hall–Kier alpha value is -4.83. The van der Waals surface area contributed by atoms with Crippen molar-refractivity contribution < 1.29 is 56.6 Å². The van der Waals surface area contributed by atoms with Gasteiger partial charge in [-0.25, -0.2) is 13.6 Å². The van der Waals surface area contributed by atoms with Gasteiger partial charge in [0, 0.05) is 16.2 Å². The number of carbonyl (C=O) groups excluding carboxylic acids is 7.